The third-order valence-electron chi connectivity index (χ3n) is 4.51. The first-order chi connectivity index (χ1) is 14.2. The molecule has 1 fully saturated rings. The molecule has 1 heterocycles. The quantitative estimate of drug-likeness (QED) is 0.684. The molecule has 5 nitrogen and oxygen atoms in total. The molecule has 0 unspecified atom stereocenters. The van der Waals surface area contributed by atoms with E-state index in [4.69, 9.17) is 16.3 Å². The second-order valence-electron chi connectivity index (χ2n) is 8.16. The average molecular weight is 425 g/mol. The second-order valence-corrected chi connectivity index (χ2v) is 8.60. The smallest absolute Gasteiger partial charge is 0.410 e. The zero-order valence-electron chi connectivity index (χ0n) is 17.4. The van der Waals surface area contributed by atoms with Crippen molar-refractivity contribution < 1.29 is 14.3 Å². The summed E-state index contributed by atoms with van der Waals surface area (Å²) in [5, 5.41) is 3.53. The monoisotopic (exact) mass is 424 g/mol. The first-order valence-corrected chi connectivity index (χ1v) is 10.3. The zero-order chi connectivity index (χ0) is 21.7. The third kappa shape index (κ3) is 6.01. The molecule has 1 N–H and O–H groups in total. The minimum Gasteiger partial charge on any atom is -0.444 e. The molecule has 1 aliphatic rings. The van der Waals surface area contributed by atoms with Crippen LogP contribution < -0.4 is 5.32 Å². The Bertz CT molecular complexity index is 984. The Hall–Kier alpha value is -2.97. The average Bonchev–Trinajstić information content (AvgIpc) is 3.16. The summed E-state index contributed by atoms with van der Waals surface area (Å²) in [6, 6.07) is 14.1. The van der Waals surface area contributed by atoms with Gasteiger partial charge in [-0.05, 0) is 76.1 Å². The Morgan fingerprint density at radius 1 is 1.10 bits per heavy atom. The SMILES string of the molecule is CC(C)(C)OC(=O)N1CCC[C@@H]1C(=O)Nc1ccc(C#Cc2cccc(Cl)c2)cc1. The van der Waals surface area contributed by atoms with Crippen LogP contribution in [0.3, 0.4) is 0 Å². The Balaban J connectivity index is 1.62. The van der Waals surface area contributed by atoms with Crippen LogP contribution in [-0.4, -0.2) is 35.1 Å². The van der Waals surface area contributed by atoms with Crippen LogP contribution in [0, 0.1) is 11.8 Å². The van der Waals surface area contributed by atoms with Gasteiger partial charge in [-0.3, -0.25) is 9.69 Å². The van der Waals surface area contributed by atoms with Gasteiger partial charge in [0.25, 0.3) is 0 Å². The summed E-state index contributed by atoms with van der Waals surface area (Å²) < 4.78 is 5.42. The van der Waals surface area contributed by atoms with Crippen molar-refractivity contribution in [2.24, 2.45) is 0 Å². The van der Waals surface area contributed by atoms with Crippen LogP contribution in [0.15, 0.2) is 48.5 Å². The van der Waals surface area contributed by atoms with E-state index in [1.807, 2.05) is 45.0 Å². The van der Waals surface area contributed by atoms with Crippen LogP contribution in [0.5, 0.6) is 0 Å². The Morgan fingerprint density at radius 2 is 1.80 bits per heavy atom. The summed E-state index contributed by atoms with van der Waals surface area (Å²) in [5.74, 6) is 5.93. The Kier molecular flexibility index (Phi) is 6.69. The molecule has 1 aliphatic heterocycles. The van der Waals surface area contributed by atoms with E-state index in [0.717, 1.165) is 17.5 Å². The van der Waals surface area contributed by atoms with Crippen LogP contribution in [0.1, 0.15) is 44.7 Å². The summed E-state index contributed by atoms with van der Waals surface area (Å²) >= 11 is 5.97. The van der Waals surface area contributed by atoms with Gasteiger partial charge in [0, 0.05) is 28.4 Å². The predicted octanol–water partition coefficient (Wildman–Crippen LogP) is 5.08. The van der Waals surface area contributed by atoms with Crippen molar-refractivity contribution in [3.63, 3.8) is 0 Å². The molecule has 6 heteroatoms. The largest absolute Gasteiger partial charge is 0.444 e. The molecule has 0 aromatic heterocycles. The normalized spacial score (nSPS) is 15.9. The zero-order valence-corrected chi connectivity index (χ0v) is 18.1. The van der Waals surface area contributed by atoms with Crippen molar-refractivity contribution in [3.05, 3.63) is 64.7 Å². The van der Waals surface area contributed by atoms with Gasteiger partial charge in [0.05, 0.1) is 0 Å². The number of likely N-dealkylation sites (tertiary alicyclic amines) is 1. The maximum atomic E-state index is 12.7. The number of nitrogens with zero attached hydrogens (tertiary/aromatic N) is 1. The molecule has 3 rings (SSSR count). The van der Waals surface area contributed by atoms with Gasteiger partial charge in [0.1, 0.15) is 11.6 Å². The van der Waals surface area contributed by atoms with Gasteiger partial charge in [0.15, 0.2) is 0 Å². The summed E-state index contributed by atoms with van der Waals surface area (Å²) in [7, 11) is 0. The predicted molar refractivity (Wildman–Crippen MR) is 118 cm³/mol. The molecule has 0 radical (unpaired) electrons. The molecule has 2 aromatic rings. The van der Waals surface area contributed by atoms with E-state index in [0.29, 0.717) is 23.7 Å². The Labute approximate surface area is 182 Å². The molecular formula is C24H25ClN2O3. The number of rotatable bonds is 2. The standard InChI is InChI=1S/C24H25ClN2O3/c1-24(2,3)30-23(29)27-15-5-8-21(27)22(28)26-20-13-11-17(12-14-20)9-10-18-6-4-7-19(25)16-18/h4,6-7,11-14,16,21H,5,8,15H2,1-3H3,(H,26,28)/t21-/m1/s1. The first-order valence-electron chi connectivity index (χ1n) is 9.89. The van der Waals surface area contributed by atoms with Crippen molar-refractivity contribution in [1.82, 2.24) is 4.90 Å². The van der Waals surface area contributed by atoms with Crippen molar-refractivity contribution in [2.75, 3.05) is 11.9 Å². The molecule has 2 aromatic carbocycles. The number of ether oxygens (including phenoxy) is 1. The fraction of sp³-hybridized carbons (Fsp3) is 0.333. The number of hydrogen-bond acceptors (Lipinski definition) is 3. The van der Waals surface area contributed by atoms with Crippen LogP contribution in [0.4, 0.5) is 10.5 Å². The molecule has 156 valence electrons. The summed E-state index contributed by atoms with van der Waals surface area (Å²) in [4.78, 5) is 26.6. The van der Waals surface area contributed by atoms with Gasteiger partial charge >= 0.3 is 6.09 Å². The molecule has 0 saturated carbocycles. The van der Waals surface area contributed by atoms with E-state index in [1.165, 1.54) is 4.90 Å². The van der Waals surface area contributed by atoms with Crippen LogP contribution in [0.2, 0.25) is 5.02 Å². The van der Waals surface area contributed by atoms with E-state index in [1.54, 1.807) is 24.3 Å². The molecule has 1 atom stereocenters. The number of benzene rings is 2. The molecule has 0 aliphatic carbocycles. The van der Waals surface area contributed by atoms with Crippen molar-refractivity contribution in [2.45, 2.75) is 45.3 Å². The summed E-state index contributed by atoms with van der Waals surface area (Å²) in [6.45, 7) is 5.96. The lowest BCUT2D eigenvalue weighted by Crippen LogP contribution is -2.45. The van der Waals surface area contributed by atoms with Gasteiger partial charge in [0.2, 0.25) is 5.91 Å². The number of carbonyl (C=O) groups excluding carboxylic acids is 2. The highest BCUT2D eigenvalue weighted by Gasteiger charge is 2.36. The minimum absolute atomic E-state index is 0.212. The Morgan fingerprint density at radius 3 is 2.47 bits per heavy atom. The maximum absolute atomic E-state index is 12.7. The fourth-order valence-electron chi connectivity index (χ4n) is 3.15. The van der Waals surface area contributed by atoms with Crippen LogP contribution in [-0.2, 0) is 9.53 Å². The second kappa shape index (κ2) is 9.23. The van der Waals surface area contributed by atoms with E-state index < -0.39 is 17.7 Å². The van der Waals surface area contributed by atoms with Crippen molar-refractivity contribution >= 4 is 29.3 Å². The fourth-order valence-corrected chi connectivity index (χ4v) is 3.34. The number of hydrogen-bond donors (Lipinski definition) is 1. The third-order valence-corrected chi connectivity index (χ3v) is 4.75. The highest BCUT2D eigenvalue weighted by atomic mass is 35.5. The number of nitrogens with one attached hydrogen (secondary N) is 1. The molecular weight excluding hydrogens is 400 g/mol. The lowest BCUT2D eigenvalue weighted by Gasteiger charge is -2.28. The van der Waals surface area contributed by atoms with Crippen molar-refractivity contribution in [1.29, 1.82) is 0 Å². The molecule has 30 heavy (non-hydrogen) atoms. The van der Waals surface area contributed by atoms with E-state index in [2.05, 4.69) is 17.2 Å². The van der Waals surface area contributed by atoms with Crippen LogP contribution in [0.25, 0.3) is 0 Å². The number of anilines is 1. The molecule has 1 saturated heterocycles. The first kappa shape index (κ1) is 21.7. The van der Waals surface area contributed by atoms with Gasteiger partial charge < -0.3 is 10.1 Å². The summed E-state index contributed by atoms with van der Waals surface area (Å²) in [6.07, 6.45) is 0.940. The van der Waals surface area contributed by atoms with Gasteiger partial charge in [-0.1, -0.05) is 29.5 Å². The molecule has 0 spiro atoms. The number of amides is 2. The lowest BCUT2D eigenvalue weighted by molar-refractivity contribution is -0.120. The van der Waals surface area contributed by atoms with E-state index in [9.17, 15) is 9.59 Å². The lowest BCUT2D eigenvalue weighted by atomic mass is 10.1. The van der Waals surface area contributed by atoms with Gasteiger partial charge in [-0.2, -0.15) is 0 Å². The molecule has 2 amide bonds. The topological polar surface area (TPSA) is 58.6 Å². The maximum Gasteiger partial charge on any atom is 0.410 e. The molecule has 0 bridgehead atoms. The highest BCUT2D eigenvalue weighted by molar-refractivity contribution is 6.30. The van der Waals surface area contributed by atoms with Crippen molar-refractivity contribution in [3.8, 4) is 11.8 Å². The minimum atomic E-state index is -0.595. The number of carbonyl (C=O) groups is 2. The van der Waals surface area contributed by atoms with Gasteiger partial charge in [-0.15, -0.1) is 0 Å². The number of halogens is 1. The van der Waals surface area contributed by atoms with E-state index in [-0.39, 0.29) is 5.91 Å². The highest BCUT2D eigenvalue weighted by Crippen LogP contribution is 2.22. The van der Waals surface area contributed by atoms with E-state index >= 15 is 0 Å². The van der Waals surface area contributed by atoms with Gasteiger partial charge in [-0.25, -0.2) is 4.79 Å². The van der Waals surface area contributed by atoms with Crippen LogP contribution >= 0.6 is 11.6 Å². The summed E-state index contributed by atoms with van der Waals surface area (Å²) in [5.41, 5.74) is 1.72.